The minimum atomic E-state index is -1.49. The molecule has 0 spiro atoms. The lowest BCUT2D eigenvalue weighted by atomic mass is 9.86. The number of aliphatic hydroxyl groups is 1. The first kappa shape index (κ1) is 14.8. The Morgan fingerprint density at radius 3 is 3.05 bits per heavy atom. The standard InChI is InChI=1S/C15H19N3O4/c1-15(20,7-16-2)14(19)13-10(6-17-18-13)9-3-4-11-12(5-9)22-8-21-11/h3-5,10,16-17,20H,6-8H2,1-2H3/t10-,15+/m0/s1. The van der Waals surface area contributed by atoms with Crippen LogP contribution in [-0.2, 0) is 4.79 Å². The van der Waals surface area contributed by atoms with E-state index in [1.54, 1.807) is 7.05 Å². The van der Waals surface area contributed by atoms with E-state index in [0.29, 0.717) is 23.8 Å². The number of nitrogens with zero attached hydrogens (tertiary/aromatic N) is 1. The largest absolute Gasteiger partial charge is 0.454 e. The number of carbonyl (C=O) groups excluding carboxylic acids is 1. The zero-order valence-electron chi connectivity index (χ0n) is 12.5. The van der Waals surface area contributed by atoms with Gasteiger partial charge in [-0.3, -0.25) is 4.79 Å². The molecule has 3 N–H and O–H groups in total. The molecule has 2 heterocycles. The molecule has 7 heteroatoms. The Morgan fingerprint density at radius 2 is 2.27 bits per heavy atom. The minimum absolute atomic E-state index is 0.165. The van der Waals surface area contributed by atoms with Gasteiger partial charge in [-0.25, -0.2) is 0 Å². The molecule has 0 radical (unpaired) electrons. The highest BCUT2D eigenvalue weighted by Crippen LogP contribution is 2.35. The van der Waals surface area contributed by atoms with Gasteiger partial charge >= 0.3 is 0 Å². The third kappa shape index (κ3) is 2.53. The van der Waals surface area contributed by atoms with Gasteiger partial charge in [-0.15, -0.1) is 0 Å². The fraction of sp³-hybridized carbons (Fsp3) is 0.467. The molecule has 0 aliphatic carbocycles. The number of ether oxygens (including phenoxy) is 2. The monoisotopic (exact) mass is 305 g/mol. The Labute approximate surface area is 128 Å². The number of likely N-dealkylation sites (N-methyl/N-ethyl adjacent to an activating group) is 1. The number of carbonyl (C=O) groups is 1. The van der Waals surface area contributed by atoms with Gasteiger partial charge in [0.15, 0.2) is 11.5 Å². The molecule has 0 aromatic heterocycles. The molecule has 0 saturated carbocycles. The summed E-state index contributed by atoms with van der Waals surface area (Å²) in [5.74, 6) is 0.764. The number of benzene rings is 1. The van der Waals surface area contributed by atoms with Gasteiger partial charge in [0.05, 0.1) is 5.92 Å². The number of hydrogen-bond donors (Lipinski definition) is 3. The zero-order chi connectivity index (χ0) is 15.7. The van der Waals surface area contributed by atoms with Crippen LogP contribution in [0, 0.1) is 0 Å². The number of fused-ring (bicyclic) bond motifs is 1. The summed E-state index contributed by atoms with van der Waals surface area (Å²) in [5, 5.41) is 17.2. The summed E-state index contributed by atoms with van der Waals surface area (Å²) in [5.41, 5.74) is 2.59. The molecule has 3 rings (SSSR count). The number of ketones is 1. The fourth-order valence-corrected chi connectivity index (χ4v) is 2.71. The second kappa shape index (κ2) is 5.58. The molecule has 22 heavy (non-hydrogen) atoms. The highest BCUT2D eigenvalue weighted by molar-refractivity contribution is 6.44. The van der Waals surface area contributed by atoms with Gasteiger partial charge in [0.1, 0.15) is 11.3 Å². The van der Waals surface area contributed by atoms with Crippen molar-refractivity contribution in [1.29, 1.82) is 0 Å². The number of hydrazone groups is 1. The quantitative estimate of drug-likeness (QED) is 0.709. The molecule has 2 aliphatic heterocycles. The predicted octanol–water partition coefficient (Wildman–Crippen LogP) is -0.00240. The molecular formula is C15H19N3O4. The maximum Gasteiger partial charge on any atom is 0.231 e. The molecule has 0 amide bonds. The van der Waals surface area contributed by atoms with E-state index in [1.165, 1.54) is 6.92 Å². The smallest absolute Gasteiger partial charge is 0.231 e. The fourth-order valence-electron chi connectivity index (χ4n) is 2.71. The average Bonchev–Trinajstić information content (AvgIpc) is 3.14. The van der Waals surface area contributed by atoms with Crippen molar-refractivity contribution < 1.29 is 19.4 Å². The first-order chi connectivity index (χ1) is 10.5. The predicted molar refractivity (Wildman–Crippen MR) is 80.3 cm³/mol. The number of nitrogens with one attached hydrogen (secondary N) is 2. The van der Waals surface area contributed by atoms with Gasteiger partial charge in [-0.05, 0) is 31.7 Å². The van der Waals surface area contributed by atoms with Crippen LogP contribution in [0.2, 0.25) is 0 Å². The van der Waals surface area contributed by atoms with E-state index in [-0.39, 0.29) is 25.0 Å². The van der Waals surface area contributed by atoms with Gasteiger partial charge in [0, 0.05) is 13.1 Å². The van der Waals surface area contributed by atoms with Crippen molar-refractivity contribution >= 4 is 11.5 Å². The molecule has 7 nitrogen and oxygen atoms in total. The Hall–Kier alpha value is -2.12. The topological polar surface area (TPSA) is 92.2 Å². The van der Waals surface area contributed by atoms with Crippen molar-refractivity contribution in [2.24, 2.45) is 5.10 Å². The molecule has 0 saturated heterocycles. The Morgan fingerprint density at radius 1 is 1.50 bits per heavy atom. The lowest BCUT2D eigenvalue weighted by Crippen LogP contribution is -2.48. The Balaban J connectivity index is 1.86. The lowest BCUT2D eigenvalue weighted by Gasteiger charge is -2.23. The van der Waals surface area contributed by atoms with Crippen LogP contribution in [0.3, 0.4) is 0 Å². The molecule has 1 aromatic carbocycles. The summed E-state index contributed by atoms with van der Waals surface area (Å²) in [6.45, 7) is 2.37. The highest BCUT2D eigenvalue weighted by atomic mass is 16.7. The maximum absolute atomic E-state index is 12.6. The normalized spacial score (nSPS) is 22.0. The summed E-state index contributed by atoms with van der Waals surface area (Å²) in [4.78, 5) is 12.6. The van der Waals surface area contributed by atoms with Crippen LogP contribution in [0.1, 0.15) is 18.4 Å². The van der Waals surface area contributed by atoms with Crippen molar-refractivity contribution in [3.63, 3.8) is 0 Å². The van der Waals surface area contributed by atoms with E-state index in [2.05, 4.69) is 15.8 Å². The average molecular weight is 305 g/mol. The molecule has 0 unspecified atom stereocenters. The van der Waals surface area contributed by atoms with E-state index >= 15 is 0 Å². The lowest BCUT2D eigenvalue weighted by molar-refractivity contribution is -0.128. The van der Waals surface area contributed by atoms with E-state index < -0.39 is 5.60 Å². The summed E-state index contributed by atoms with van der Waals surface area (Å²) in [6, 6.07) is 5.57. The molecule has 0 bridgehead atoms. The maximum atomic E-state index is 12.6. The van der Waals surface area contributed by atoms with Crippen LogP contribution < -0.4 is 20.2 Å². The molecule has 1 aromatic rings. The second-order valence-electron chi connectivity index (χ2n) is 5.66. The zero-order valence-corrected chi connectivity index (χ0v) is 12.5. The van der Waals surface area contributed by atoms with Crippen molar-refractivity contribution in [2.45, 2.75) is 18.4 Å². The minimum Gasteiger partial charge on any atom is -0.454 e. The first-order valence-corrected chi connectivity index (χ1v) is 7.14. The third-order valence-corrected chi connectivity index (χ3v) is 3.87. The third-order valence-electron chi connectivity index (χ3n) is 3.87. The van der Waals surface area contributed by atoms with Crippen LogP contribution in [0.4, 0.5) is 0 Å². The van der Waals surface area contributed by atoms with Gasteiger partial charge in [-0.1, -0.05) is 6.07 Å². The molecule has 2 aliphatic rings. The van der Waals surface area contributed by atoms with Gasteiger partial charge in [-0.2, -0.15) is 5.10 Å². The molecule has 2 atom stereocenters. The molecule has 0 fully saturated rings. The van der Waals surface area contributed by atoms with Crippen molar-refractivity contribution in [2.75, 3.05) is 26.9 Å². The van der Waals surface area contributed by atoms with Crippen LogP contribution >= 0.6 is 0 Å². The van der Waals surface area contributed by atoms with Crippen molar-refractivity contribution in [3.8, 4) is 11.5 Å². The van der Waals surface area contributed by atoms with Crippen LogP contribution in [-0.4, -0.2) is 49.1 Å². The van der Waals surface area contributed by atoms with E-state index in [0.717, 1.165) is 5.56 Å². The summed E-state index contributed by atoms with van der Waals surface area (Å²) in [7, 11) is 1.69. The van der Waals surface area contributed by atoms with Gasteiger partial charge in [0.25, 0.3) is 0 Å². The van der Waals surface area contributed by atoms with Gasteiger partial charge < -0.3 is 25.3 Å². The summed E-state index contributed by atoms with van der Waals surface area (Å²) >= 11 is 0. The number of hydrogen-bond acceptors (Lipinski definition) is 7. The van der Waals surface area contributed by atoms with Crippen LogP contribution in [0.5, 0.6) is 11.5 Å². The SMILES string of the molecule is CNC[C@@](C)(O)C(=O)C1=NNC[C@H]1c1ccc2c(c1)OCO2. The molecular weight excluding hydrogens is 286 g/mol. The van der Waals surface area contributed by atoms with E-state index in [9.17, 15) is 9.90 Å². The Bertz CT molecular complexity index is 627. The highest BCUT2D eigenvalue weighted by Gasteiger charge is 2.39. The summed E-state index contributed by atoms with van der Waals surface area (Å²) < 4.78 is 10.7. The van der Waals surface area contributed by atoms with Crippen LogP contribution in [0.15, 0.2) is 23.3 Å². The van der Waals surface area contributed by atoms with Gasteiger partial charge in [0.2, 0.25) is 12.6 Å². The second-order valence-corrected chi connectivity index (χ2v) is 5.66. The molecule has 118 valence electrons. The first-order valence-electron chi connectivity index (χ1n) is 7.14. The van der Waals surface area contributed by atoms with Crippen LogP contribution in [0.25, 0.3) is 0 Å². The summed E-state index contributed by atoms with van der Waals surface area (Å²) in [6.07, 6.45) is 0. The number of rotatable bonds is 5. The Kier molecular flexibility index (Phi) is 3.76. The van der Waals surface area contributed by atoms with E-state index in [4.69, 9.17) is 9.47 Å². The number of Topliss-reactive ketones (excluding diaryl/α,β-unsaturated/α-hetero) is 1. The van der Waals surface area contributed by atoms with E-state index in [1.807, 2.05) is 18.2 Å². The van der Waals surface area contributed by atoms with Crippen molar-refractivity contribution in [1.82, 2.24) is 10.7 Å². The van der Waals surface area contributed by atoms with Crippen molar-refractivity contribution in [3.05, 3.63) is 23.8 Å².